The highest BCUT2D eigenvalue weighted by molar-refractivity contribution is 7.79. The summed E-state index contributed by atoms with van der Waals surface area (Å²) in [6.07, 6.45) is 0.363. The van der Waals surface area contributed by atoms with Crippen molar-refractivity contribution in [3.63, 3.8) is 0 Å². The van der Waals surface area contributed by atoms with Gasteiger partial charge in [-0.05, 0) is 12.5 Å². The SMILES string of the molecule is CCC1O[N+](=O)c2cc([N+](=O)[O-])ccc21.O=S(=O)([O-])O. The standard InChI is InChI=1S/C9H9N2O4.H2O4S/c1-2-9-7-4-3-6(10(12)13)5-8(7)11(14)15-9;1-5(2,3)4/h3-5,9H,2H2,1H3;(H2,1,2,3,4)/q+1;/p-1. The predicted octanol–water partition coefficient (Wildman–Crippen LogP) is 1.41. The molecule has 1 aliphatic heterocycles. The van der Waals surface area contributed by atoms with Crippen molar-refractivity contribution in [3.05, 3.63) is 38.8 Å². The first-order valence-electron chi connectivity index (χ1n) is 5.24. The normalized spacial score (nSPS) is 16.8. The van der Waals surface area contributed by atoms with Crippen molar-refractivity contribution in [2.24, 2.45) is 0 Å². The smallest absolute Gasteiger partial charge is 0.330 e. The molecule has 1 N–H and O–H groups in total. The summed E-state index contributed by atoms with van der Waals surface area (Å²) in [4.78, 5) is 26.6. The van der Waals surface area contributed by atoms with Crippen LogP contribution in [0.25, 0.3) is 0 Å². The lowest BCUT2D eigenvalue weighted by Crippen LogP contribution is -1.96. The summed E-state index contributed by atoms with van der Waals surface area (Å²) >= 11 is 0. The summed E-state index contributed by atoms with van der Waals surface area (Å²) in [7, 11) is -4.92. The average molecular weight is 306 g/mol. The Labute approximate surface area is 113 Å². The van der Waals surface area contributed by atoms with Crippen molar-refractivity contribution in [2.75, 3.05) is 0 Å². The van der Waals surface area contributed by atoms with Gasteiger partial charge in [0.25, 0.3) is 10.6 Å². The molecule has 1 aromatic rings. The molecule has 2 rings (SSSR count). The Kier molecular flexibility index (Phi) is 4.70. The number of benzene rings is 1. The average Bonchev–Trinajstić information content (AvgIpc) is 2.63. The Morgan fingerprint density at radius 1 is 1.50 bits per heavy atom. The van der Waals surface area contributed by atoms with Crippen LogP contribution in [0.4, 0.5) is 11.4 Å². The lowest BCUT2D eigenvalue weighted by molar-refractivity contribution is -0.745. The molecule has 0 aliphatic carbocycles. The number of fused-ring (bicyclic) bond motifs is 1. The van der Waals surface area contributed by atoms with E-state index in [0.717, 1.165) is 0 Å². The molecule has 0 saturated heterocycles. The molecule has 0 amide bonds. The van der Waals surface area contributed by atoms with Crippen molar-refractivity contribution in [3.8, 4) is 0 Å². The van der Waals surface area contributed by atoms with Crippen molar-refractivity contribution in [1.29, 1.82) is 0 Å². The fraction of sp³-hybridized carbons (Fsp3) is 0.333. The Morgan fingerprint density at radius 2 is 2.05 bits per heavy atom. The van der Waals surface area contributed by atoms with E-state index in [-0.39, 0.29) is 17.5 Å². The molecule has 1 heterocycles. The number of non-ortho nitro benzene ring substituents is 1. The highest BCUT2D eigenvalue weighted by Gasteiger charge is 2.40. The molecule has 10 nitrogen and oxygen atoms in total. The molecular formula is C9H10N2O8S. The second-order valence-electron chi connectivity index (χ2n) is 3.69. The minimum atomic E-state index is -4.92. The van der Waals surface area contributed by atoms with Gasteiger partial charge in [0.05, 0.1) is 21.5 Å². The molecule has 11 heteroatoms. The van der Waals surface area contributed by atoms with Gasteiger partial charge in [0, 0.05) is 6.07 Å². The maximum atomic E-state index is 11.3. The highest BCUT2D eigenvalue weighted by Crippen LogP contribution is 2.39. The zero-order valence-corrected chi connectivity index (χ0v) is 10.9. The van der Waals surface area contributed by atoms with Crippen LogP contribution in [-0.4, -0.2) is 27.4 Å². The zero-order valence-electron chi connectivity index (χ0n) is 10.1. The molecule has 0 fully saturated rings. The van der Waals surface area contributed by atoms with E-state index < -0.39 is 15.3 Å². The Bertz CT molecular complexity index is 633. The summed E-state index contributed by atoms with van der Waals surface area (Å²) in [5, 5.41) is 10.5. The van der Waals surface area contributed by atoms with Gasteiger partial charge in [0.1, 0.15) is 0 Å². The van der Waals surface area contributed by atoms with Gasteiger partial charge < -0.3 is 4.55 Å². The lowest BCUT2D eigenvalue weighted by Gasteiger charge is -1.97. The number of nitro benzene ring substituents is 1. The van der Waals surface area contributed by atoms with E-state index in [1.807, 2.05) is 6.92 Å². The van der Waals surface area contributed by atoms with E-state index in [1.54, 1.807) is 6.07 Å². The van der Waals surface area contributed by atoms with Gasteiger partial charge in [-0.1, -0.05) is 6.92 Å². The maximum Gasteiger partial charge on any atom is 0.330 e. The monoisotopic (exact) mass is 306 g/mol. The van der Waals surface area contributed by atoms with Crippen molar-refractivity contribution in [1.82, 2.24) is 0 Å². The summed E-state index contributed by atoms with van der Waals surface area (Å²) in [5.41, 5.74) is 0.837. The number of hydrogen-bond acceptors (Lipinski definition) is 7. The van der Waals surface area contributed by atoms with E-state index in [2.05, 4.69) is 0 Å². The van der Waals surface area contributed by atoms with Gasteiger partial charge in [-0.2, -0.15) is 0 Å². The molecule has 0 bridgehead atoms. The predicted molar refractivity (Wildman–Crippen MR) is 62.8 cm³/mol. The molecule has 110 valence electrons. The Balaban J connectivity index is 0.000000347. The summed E-state index contributed by atoms with van der Waals surface area (Å²) in [6.45, 7) is 1.88. The van der Waals surface area contributed by atoms with Crippen LogP contribution in [0, 0.1) is 15.0 Å². The molecule has 1 unspecified atom stereocenters. The fourth-order valence-corrected chi connectivity index (χ4v) is 1.60. The van der Waals surface area contributed by atoms with E-state index >= 15 is 0 Å². The first-order chi connectivity index (χ1) is 9.13. The minimum Gasteiger partial charge on any atom is -0.726 e. The number of nitro groups is 1. The van der Waals surface area contributed by atoms with E-state index in [9.17, 15) is 15.0 Å². The molecule has 0 radical (unpaired) electrons. The molecule has 20 heavy (non-hydrogen) atoms. The van der Waals surface area contributed by atoms with E-state index in [4.69, 9.17) is 22.4 Å². The zero-order chi connectivity index (χ0) is 15.5. The van der Waals surface area contributed by atoms with Gasteiger partial charge in [-0.25, -0.2) is 13.3 Å². The van der Waals surface area contributed by atoms with Crippen LogP contribution < -0.4 is 0 Å². The third-order valence-electron chi connectivity index (χ3n) is 2.36. The second kappa shape index (κ2) is 5.90. The topological polar surface area (TPSA) is 150 Å². The fourth-order valence-electron chi connectivity index (χ4n) is 1.60. The van der Waals surface area contributed by atoms with Crippen LogP contribution in [0.1, 0.15) is 25.0 Å². The number of hydrogen-bond donors (Lipinski definition) is 1. The highest BCUT2D eigenvalue weighted by atomic mass is 32.3. The van der Waals surface area contributed by atoms with Gasteiger partial charge in [-0.15, -0.1) is 0 Å². The summed E-state index contributed by atoms with van der Waals surface area (Å²) in [6, 6.07) is 4.18. The quantitative estimate of drug-likeness (QED) is 0.372. The third-order valence-corrected chi connectivity index (χ3v) is 2.36. The van der Waals surface area contributed by atoms with Crippen LogP contribution in [0.3, 0.4) is 0 Å². The van der Waals surface area contributed by atoms with Crippen LogP contribution in [0.15, 0.2) is 18.2 Å². The lowest BCUT2D eigenvalue weighted by atomic mass is 10.1. The molecule has 0 spiro atoms. The first-order valence-corrected chi connectivity index (χ1v) is 6.60. The number of rotatable bonds is 2. The van der Waals surface area contributed by atoms with Crippen LogP contribution in [0.2, 0.25) is 0 Å². The van der Waals surface area contributed by atoms with Crippen LogP contribution in [-0.2, 0) is 15.2 Å². The van der Waals surface area contributed by atoms with Crippen molar-refractivity contribution < 1.29 is 32.2 Å². The summed E-state index contributed by atoms with van der Waals surface area (Å²) < 4.78 is 32.8. The maximum absolute atomic E-state index is 11.3. The molecule has 1 aliphatic rings. The van der Waals surface area contributed by atoms with Crippen molar-refractivity contribution >= 4 is 21.8 Å². The van der Waals surface area contributed by atoms with Crippen LogP contribution in [0.5, 0.6) is 0 Å². The summed E-state index contributed by atoms with van der Waals surface area (Å²) in [5.74, 6) is 0. The van der Waals surface area contributed by atoms with E-state index in [0.29, 0.717) is 16.9 Å². The van der Waals surface area contributed by atoms with Crippen molar-refractivity contribution in [2.45, 2.75) is 19.4 Å². The Hall–Kier alpha value is -2.11. The number of nitrogens with zero attached hydrogens (tertiary/aromatic N) is 2. The molecule has 1 atom stereocenters. The van der Waals surface area contributed by atoms with Crippen LogP contribution >= 0.6 is 0 Å². The van der Waals surface area contributed by atoms with Gasteiger partial charge in [-0.3, -0.25) is 14.7 Å². The molecule has 0 aromatic heterocycles. The Morgan fingerprint density at radius 3 is 2.50 bits per heavy atom. The molecular weight excluding hydrogens is 296 g/mol. The van der Waals surface area contributed by atoms with Gasteiger partial charge in [0.15, 0.2) is 0 Å². The third kappa shape index (κ3) is 4.22. The molecule has 1 aromatic carbocycles. The van der Waals surface area contributed by atoms with Gasteiger partial charge in [0.2, 0.25) is 16.5 Å². The van der Waals surface area contributed by atoms with E-state index in [1.165, 1.54) is 12.1 Å². The first kappa shape index (κ1) is 15.9. The largest absolute Gasteiger partial charge is 0.726 e. The second-order valence-corrected chi connectivity index (χ2v) is 4.54. The van der Waals surface area contributed by atoms with Gasteiger partial charge >= 0.3 is 5.69 Å². The molecule has 0 saturated carbocycles. The minimum absolute atomic E-state index is 0.102.